The molecule has 1 N–H and O–H groups in total. The molecule has 1 atom stereocenters. The first-order valence-electron chi connectivity index (χ1n) is 10.6. The maximum atomic E-state index is 13.1. The molecule has 1 aliphatic rings. The van der Waals surface area contributed by atoms with Crippen molar-refractivity contribution in [3.63, 3.8) is 0 Å². The minimum atomic E-state index is -0.824. The number of carbonyl (C=O) groups excluding carboxylic acids is 2. The second-order valence-corrected chi connectivity index (χ2v) is 7.79. The summed E-state index contributed by atoms with van der Waals surface area (Å²) >= 11 is 0. The van der Waals surface area contributed by atoms with Gasteiger partial charge < -0.3 is 29.0 Å². The van der Waals surface area contributed by atoms with Crippen molar-refractivity contribution in [2.45, 2.75) is 26.0 Å². The first kappa shape index (κ1) is 24.1. The number of ketones is 1. The molecule has 1 fully saturated rings. The number of nitrogens with zero attached hydrogens (tertiary/aromatic N) is 1. The summed E-state index contributed by atoms with van der Waals surface area (Å²) < 4.78 is 21.6. The monoisotopic (exact) mass is 455 g/mol. The molecule has 8 heteroatoms. The molecular formula is C25H29NO7. The number of methoxy groups -OCH3 is 3. The normalized spacial score (nSPS) is 17.5. The van der Waals surface area contributed by atoms with E-state index in [1.807, 2.05) is 13.8 Å². The van der Waals surface area contributed by atoms with E-state index in [4.69, 9.17) is 18.9 Å². The zero-order valence-corrected chi connectivity index (χ0v) is 19.5. The number of likely N-dealkylation sites (tertiary alicyclic amines) is 1. The van der Waals surface area contributed by atoms with Crippen LogP contribution in [0.25, 0.3) is 5.76 Å². The van der Waals surface area contributed by atoms with Crippen molar-refractivity contribution >= 4 is 17.4 Å². The Kier molecular flexibility index (Phi) is 7.60. The Hall–Kier alpha value is -3.52. The maximum absolute atomic E-state index is 13.1. The van der Waals surface area contributed by atoms with Crippen LogP contribution in [-0.4, -0.2) is 62.3 Å². The lowest BCUT2D eigenvalue weighted by Gasteiger charge is -2.25. The Balaban J connectivity index is 2.17. The van der Waals surface area contributed by atoms with E-state index < -0.39 is 17.7 Å². The van der Waals surface area contributed by atoms with Crippen molar-refractivity contribution in [1.82, 2.24) is 4.90 Å². The van der Waals surface area contributed by atoms with E-state index in [1.54, 1.807) is 42.5 Å². The summed E-state index contributed by atoms with van der Waals surface area (Å²) in [5.74, 6) is -0.248. The van der Waals surface area contributed by atoms with Crippen molar-refractivity contribution < 1.29 is 33.6 Å². The van der Waals surface area contributed by atoms with E-state index in [0.717, 1.165) is 0 Å². The average Bonchev–Trinajstić information content (AvgIpc) is 3.06. The number of hydrogen-bond donors (Lipinski definition) is 1. The Morgan fingerprint density at radius 1 is 1.03 bits per heavy atom. The topological polar surface area (TPSA) is 94.5 Å². The molecule has 33 heavy (non-hydrogen) atoms. The average molecular weight is 456 g/mol. The smallest absolute Gasteiger partial charge is 0.295 e. The summed E-state index contributed by atoms with van der Waals surface area (Å²) in [6.07, 6.45) is -0.0613. The number of amides is 1. The Morgan fingerprint density at radius 3 is 2.39 bits per heavy atom. The largest absolute Gasteiger partial charge is 0.507 e. The number of benzene rings is 2. The fourth-order valence-electron chi connectivity index (χ4n) is 3.81. The fourth-order valence-corrected chi connectivity index (χ4v) is 3.81. The molecule has 2 aromatic carbocycles. The van der Waals surface area contributed by atoms with E-state index in [-0.39, 0.29) is 30.6 Å². The van der Waals surface area contributed by atoms with E-state index >= 15 is 0 Å². The number of rotatable bonds is 9. The SMILES string of the molecule is COCCN1C(=O)C(=O)/C(=C(\O)c2cccc(OC(C)C)c2)C1c1ccc(OC)c(OC)c1. The highest BCUT2D eigenvalue weighted by Crippen LogP contribution is 2.42. The van der Waals surface area contributed by atoms with Gasteiger partial charge in [0.05, 0.1) is 38.5 Å². The summed E-state index contributed by atoms with van der Waals surface area (Å²) in [4.78, 5) is 27.4. The molecular weight excluding hydrogens is 426 g/mol. The van der Waals surface area contributed by atoms with Crippen LogP contribution in [0.15, 0.2) is 48.0 Å². The molecule has 1 aliphatic heterocycles. The molecule has 0 spiro atoms. The molecule has 0 radical (unpaired) electrons. The molecule has 3 rings (SSSR count). The van der Waals surface area contributed by atoms with E-state index in [2.05, 4.69) is 0 Å². The number of carbonyl (C=O) groups is 2. The molecule has 1 unspecified atom stereocenters. The number of aliphatic hydroxyl groups is 1. The van der Waals surface area contributed by atoms with Crippen molar-refractivity contribution in [3.8, 4) is 17.2 Å². The third-order valence-corrected chi connectivity index (χ3v) is 5.28. The van der Waals surface area contributed by atoms with Gasteiger partial charge in [-0.2, -0.15) is 0 Å². The van der Waals surface area contributed by atoms with Gasteiger partial charge in [0.1, 0.15) is 11.5 Å². The van der Waals surface area contributed by atoms with E-state index in [9.17, 15) is 14.7 Å². The molecule has 8 nitrogen and oxygen atoms in total. The van der Waals surface area contributed by atoms with E-state index in [0.29, 0.717) is 28.4 Å². The molecule has 1 saturated heterocycles. The lowest BCUT2D eigenvalue weighted by molar-refractivity contribution is -0.140. The lowest BCUT2D eigenvalue weighted by atomic mass is 9.95. The van der Waals surface area contributed by atoms with Crippen molar-refractivity contribution in [1.29, 1.82) is 0 Å². The van der Waals surface area contributed by atoms with Crippen LogP contribution in [0.1, 0.15) is 31.0 Å². The van der Waals surface area contributed by atoms with Crippen molar-refractivity contribution in [2.24, 2.45) is 0 Å². The predicted molar refractivity (Wildman–Crippen MR) is 123 cm³/mol. The second-order valence-electron chi connectivity index (χ2n) is 7.79. The molecule has 1 amide bonds. The number of ether oxygens (including phenoxy) is 4. The zero-order chi connectivity index (χ0) is 24.1. The third kappa shape index (κ3) is 4.96. The first-order chi connectivity index (χ1) is 15.8. The van der Waals surface area contributed by atoms with Gasteiger partial charge in [-0.25, -0.2) is 0 Å². The minimum Gasteiger partial charge on any atom is -0.507 e. The Bertz CT molecular complexity index is 1060. The Labute approximate surface area is 193 Å². The van der Waals surface area contributed by atoms with Crippen LogP contribution in [-0.2, 0) is 14.3 Å². The Morgan fingerprint density at radius 2 is 1.76 bits per heavy atom. The molecule has 0 aromatic heterocycles. The lowest BCUT2D eigenvalue weighted by Crippen LogP contribution is -2.32. The van der Waals surface area contributed by atoms with Gasteiger partial charge in [-0.1, -0.05) is 18.2 Å². The molecule has 2 aromatic rings. The van der Waals surface area contributed by atoms with Crippen LogP contribution in [0.3, 0.4) is 0 Å². The van der Waals surface area contributed by atoms with Gasteiger partial charge in [-0.15, -0.1) is 0 Å². The van der Waals surface area contributed by atoms with Gasteiger partial charge in [0.25, 0.3) is 11.7 Å². The maximum Gasteiger partial charge on any atom is 0.295 e. The van der Waals surface area contributed by atoms with Gasteiger partial charge in [-0.05, 0) is 43.7 Å². The summed E-state index contributed by atoms with van der Waals surface area (Å²) in [6, 6.07) is 11.1. The van der Waals surface area contributed by atoms with Crippen LogP contribution >= 0.6 is 0 Å². The van der Waals surface area contributed by atoms with Crippen LogP contribution in [0.5, 0.6) is 17.2 Å². The standard InChI is InChI=1S/C25H29NO7/c1-15(2)33-18-8-6-7-17(13-18)23(27)21-22(26(11-12-30-3)25(29)24(21)28)16-9-10-19(31-4)20(14-16)32-5/h6-10,13-15,22,27H,11-12H2,1-5H3/b23-21-. The van der Waals surface area contributed by atoms with Crippen LogP contribution in [0, 0.1) is 0 Å². The van der Waals surface area contributed by atoms with Crippen molar-refractivity contribution in [2.75, 3.05) is 34.5 Å². The highest BCUT2D eigenvalue weighted by atomic mass is 16.5. The summed E-state index contributed by atoms with van der Waals surface area (Å²) in [6.45, 7) is 4.19. The number of hydrogen-bond acceptors (Lipinski definition) is 7. The fraction of sp³-hybridized carbons (Fsp3) is 0.360. The molecule has 176 valence electrons. The van der Waals surface area contributed by atoms with Gasteiger partial charge in [0.15, 0.2) is 11.5 Å². The molecule has 0 bridgehead atoms. The van der Waals surface area contributed by atoms with Crippen molar-refractivity contribution in [3.05, 3.63) is 59.2 Å². The van der Waals surface area contributed by atoms with E-state index in [1.165, 1.54) is 26.2 Å². The summed E-state index contributed by atoms with van der Waals surface area (Å²) in [5, 5.41) is 11.2. The van der Waals surface area contributed by atoms with Crippen LogP contribution in [0.2, 0.25) is 0 Å². The molecule has 1 heterocycles. The third-order valence-electron chi connectivity index (χ3n) is 5.28. The molecule has 0 saturated carbocycles. The van der Waals surface area contributed by atoms with Gasteiger partial charge in [0, 0.05) is 19.2 Å². The van der Waals surface area contributed by atoms with Crippen LogP contribution in [0.4, 0.5) is 0 Å². The highest BCUT2D eigenvalue weighted by Gasteiger charge is 2.46. The molecule has 0 aliphatic carbocycles. The van der Waals surface area contributed by atoms with Gasteiger partial charge in [0.2, 0.25) is 0 Å². The van der Waals surface area contributed by atoms with Gasteiger partial charge >= 0.3 is 0 Å². The quantitative estimate of drug-likeness (QED) is 0.351. The number of Topliss-reactive ketones (excluding diaryl/α,β-unsaturated/α-hetero) is 1. The number of aliphatic hydroxyl groups excluding tert-OH is 1. The van der Waals surface area contributed by atoms with Crippen LogP contribution < -0.4 is 14.2 Å². The minimum absolute atomic E-state index is 0.00924. The summed E-state index contributed by atoms with van der Waals surface area (Å²) in [7, 11) is 4.54. The predicted octanol–water partition coefficient (Wildman–Crippen LogP) is 3.56. The summed E-state index contributed by atoms with van der Waals surface area (Å²) in [5.41, 5.74) is 0.965. The zero-order valence-electron chi connectivity index (χ0n) is 19.5. The highest BCUT2D eigenvalue weighted by molar-refractivity contribution is 6.46. The first-order valence-corrected chi connectivity index (χ1v) is 10.6. The van der Waals surface area contributed by atoms with Gasteiger partial charge in [-0.3, -0.25) is 9.59 Å². The second kappa shape index (κ2) is 10.4.